The fourth-order valence-electron chi connectivity index (χ4n) is 2.79. The third-order valence-electron chi connectivity index (χ3n) is 4.06. The zero-order valence-corrected chi connectivity index (χ0v) is 14.4. The van der Waals surface area contributed by atoms with Crippen LogP contribution in [0.15, 0.2) is 18.3 Å². The van der Waals surface area contributed by atoms with Gasteiger partial charge in [0.15, 0.2) is 15.9 Å². The van der Waals surface area contributed by atoms with Gasteiger partial charge < -0.3 is 14.2 Å². The molecule has 0 aliphatic carbocycles. The van der Waals surface area contributed by atoms with E-state index in [1.807, 2.05) is 0 Å². The van der Waals surface area contributed by atoms with Gasteiger partial charge in [-0.15, -0.1) is 0 Å². The van der Waals surface area contributed by atoms with Gasteiger partial charge in [-0.1, -0.05) is 0 Å². The van der Waals surface area contributed by atoms with Gasteiger partial charge in [-0.3, -0.25) is 4.79 Å². The molecule has 23 heavy (non-hydrogen) atoms. The number of aryl methyl sites for hydroxylation is 1. The predicted molar refractivity (Wildman–Crippen MR) is 84.7 cm³/mol. The minimum absolute atomic E-state index is 0.0228. The molecule has 0 spiro atoms. The second kappa shape index (κ2) is 6.74. The average molecular weight is 342 g/mol. The number of esters is 1. The van der Waals surface area contributed by atoms with E-state index >= 15 is 0 Å². The standard InChI is InChI=1S/C15H22N2O5S/c1-4-17(12-7-9-23(20,21)10-12)14(18)11(2)22-15(19)13-6-5-8-16(13)3/h5-6,8,11-12H,4,7,9-10H2,1-3H3/t11-,12+/m1/s1. The number of rotatable bonds is 5. The molecule has 0 aromatic carbocycles. The molecule has 1 aliphatic rings. The third-order valence-corrected chi connectivity index (χ3v) is 5.81. The summed E-state index contributed by atoms with van der Waals surface area (Å²) in [6.07, 6.45) is 1.19. The van der Waals surface area contributed by atoms with Gasteiger partial charge >= 0.3 is 5.97 Å². The summed E-state index contributed by atoms with van der Waals surface area (Å²) in [5.74, 6) is -0.866. The molecule has 1 aromatic heterocycles. The summed E-state index contributed by atoms with van der Waals surface area (Å²) in [4.78, 5) is 26.1. The molecule has 0 N–H and O–H groups in total. The van der Waals surface area contributed by atoms with E-state index in [2.05, 4.69) is 0 Å². The van der Waals surface area contributed by atoms with Crippen molar-refractivity contribution in [2.24, 2.45) is 7.05 Å². The number of hydrogen-bond donors (Lipinski definition) is 0. The maximum absolute atomic E-state index is 12.5. The number of carbonyl (C=O) groups is 2. The minimum atomic E-state index is -3.08. The molecule has 0 bridgehead atoms. The van der Waals surface area contributed by atoms with E-state index in [0.29, 0.717) is 18.7 Å². The van der Waals surface area contributed by atoms with Gasteiger partial charge in [0, 0.05) is 25.8 Å². The van der Waals surface area contributed by atoms with Crippen LogP contribution in [0.25, 0.3) is 0 Å². The molecule has 1 aromatic rings. The molecule has 1 amide bonds. The maximum atomic E-state index is 12.5. The molecule has 0 saturated carbocycles. The zero-order chi connectivity index (χ0) is 17.2. The molecule has 128 valence electrons. The first kappa shape index (κ1) is 17.5. The summed E-state index contributed by atoms with van der Waals surface area (Å²) in [5, 5.41) is 0. The number of amides is 1. The molecule has 0 radical (unpaired) electrons. The first-order chi connectivity index (χ1) is 10.7. The normalized spacial score (nSPS) is 20.9. The lowest BCUT2D eigenvalue weighted by atomic mass is 10.2. The highest BCUT2D eigenvalue weighted by atomic mass is 32.2. The van der Waals surface area contributed by atoms with Crippen LogP contribution in [-0.4, -0.2) is 60.0 Å². The fourth-order valence-corrected chi connectivity index (χ4v) is 4.52. The SMILES string of the molecule is CCN(C(=O)[C@@H](C)OC(=O)c1cccn1C)[C@H]1CCS(=O)(=O)C1. The Bertz CT molecular complexity index is 694. The fraction of sp³-hybridized carbons (Fsp3) is 0.600. The van der Waals surface area contributed by atoms with Crippen molar-refractivity contribution in [3.63, 3.8) is 0 Å². The van der Waals surface area contributed by atoms with Crippen LogP contribution in [0.1, 0.15) is 30.8 Å². The van der Waals surface area contributed by atoms with Crippen LogP contribution in [-0.2, 0) is 26.4 Å². The smallest absolute Gasteiger partial charge is 0.355 e. The number of sulfone groups is 1. The van der Waals surface area contributed by atoms with Gasteiger partial charge in [0.1, 0.15) is 5.69 Å². The number of hydrogen-bond acceptors (Lipinski definition) is 5. The van der Waals surface area contributed by atoms with E-state index in [4.69, 9.17) is 4.74 Å². The third kappa shape index (κ3) is 3.93. The molecule has 1 aliphatic heterocycles. The van der Waals surface area contributed by atoms with E-state index in [1.54, 1.807) is 36.9 Å². The van der Waals surface area contributed by atoms with Crippen LogP contribution in [0, 0.1) is 0 Å². The van der Waals surface area contributed by atoms with Gasteiger partial charge in [0.25, 0.3) is 5.91 Å². The van der Waals surface area contributed by atoms with E-state index in [-0.39, 0.29) is 23.5 Å². The number of ether oxygens (including phenoxy) is 1. The molecule has 2 atom stereocenters. The van der Waals surface area contributed by atoms with Crippen LogP contribution >= 0.6 is 0 Å². The van der Waals surface area contributed by atoms with Crippen molar-refractivity contribution in [2.75, 3.05) is 18.1 Å². The van der Waals surface area contributed by atoms with Crippen LogP contribution < -0.4 is 0 Å². The van der Waals surface area contributed by atoms with Crippen molar-refractivity contribution in [3.05, 3.63) is 24.0 Å². The van der Waals surface area contributed by atoms with Crippen LogP contribution in [0.2, 0.25) is 0 Å². The molecule has 1 saturated heterocycles. The largest absolute Gasteiger partial charge is 0.448 e. The number of nitrogens with zero attached hydrogens (tertiary/aromatic N) is 2. The van der Waals surface area contributed by atoms with E-state index < -0.39 is 21.9 Å². The molecule has 8 heteroatoms. The van der Waals surface area contributed by atoms with Gasteiger partial charge in [0.2, 0.25) is 0 Å². The first-order valence-electron chi connectivity index (χ1n) is 7.58. The summed E-state index contributed by atoms with van der Waals surface area (Å²) >= 11 is 0. The molecule has 0 unspecified atom stereocenters. The Balaban J connectivity index is 2.03. The van der Waals surface area contributed by atoms with E-state index in [9.17, 15) is 18.0 Å². The highest BCUT2D eigenvalue weighted by molar-refractivity contribution is 7.91. The van der Waals surface area contributed by atoms with E-state index in [1.165, 1.54) is 11.8 Å². The molecule has 7 nitrogen and oxygen atoms in total. The van der Waals surface area contributed by atoms with Gasteiger partial charge in [-0.25, -0.2) is 13.2 Å². The van der Waals surface area contributed by atoms with Crippen molar-refractivity contribution >= 4 is 21.7 Å². The lowest BCUT2D eigenvalue weighted by Crippen LogP contribution is -2.46. The van der Waals surface area contributed by atoms with Gasteiger partial charge in [-0.2, -0.15) is 0 Å². The number of carbonyl (C=O) groups excluding carboxylic acids is 2. The van der Waals surface area contributed by atoms with Crippen molar-refractivity contribution in [1.29, 1.82) is 0 Å². The monoisotopic (exact) mass is 342 g/mol. The second-order valence-electron chi connectivity index (χ2n) is 5.73. The first-order valence-corrected chi connectivity index (χ1v) is 9.40. The molecular formula is C15H22N2O5S. The quantitative estimate of drug-likeness (QED) is 0.732. The maximum Gasteiger partial charge on any atom is 0.355 e. The molecule has 2 rings (SSSR count). The lowest BCUT2D eigenvalue weighted by molar-refractivity contribution is -0.141. The number of aromatic nitrogens is 1. The zero-order valence-electron chi connectivity index (χ0n) is 13.6. The molecule has 2 heterocycles. The Morgan fingerprint density at radius 1 is 1.48 bits per heavy atom. The minimum Gasteiger partial charge on any atom is -0.448 e. The van der Waals surface area contributed by atoms with Crippen molar-refractivity contribution in [1.82, 2.24) is 9.47 Å². The van der Waals surface area contributed by atoms with Crippen molar-refractivity contribution in [3.8, 4) is 0 Å². The highest BCUT2D eigenvalue weighted by Gasteiger charge is 2.36. The van der Waals surface area contributed by atoms with Crippen LogP contribution in [0.3, 0.4) is 0 Å². The van der Waals surface area contributed by atoms with Gasteiger partial charge in [-0.05, 0) is 32.4 Å². The Kier molecular flexibility index (Phi) is 5.13. The average Bonchev–Trinajstić information content (AvgIpc) is 3.05. The van der Waals surface area contributed by atoms with Crippen LogP contribution in [0.4, 0.5) is 0 Å². The summed E-state index contributed by atoms with van der Waals surface area (Å²) in [5.41, 5.74) is 0.358. The Morgan fingerprint density at radius 3 is 2.65 bits per heavy atom. The van der Waals surface area contributed by atoms with Crippen molar-refractivity contribution < 1.29 is 22.7 Å². The highest BCUT2D eigenvalue weighted by Crippen LogP contribution is 2.19. The molecule has 1 fully saturated rings. The van der Waals surface area contributed by atoms with E-state index in [0.717, 1.165) is 0 Å². The van der Waals surface area contributed by atoms with Crippen LogP contribution in [0.5, 0.6) is 0 Å². The summed E-state index contributed by atoms with van der Waals surface area (Å²) in [7, 11) is -1.37. The Labute approximate surface area is 136 Å². The summed E-state index contributed by atoms with van der Waals surface area (Å²) < 4.78 is 30.0. The predicted octanol–water partition coefficient (Wildman–Crippen LogP) is 0.606. The Morgan fingerprint density at radius 2 is 2.17 bits per heavy atom. The molecular weight excluding hydrogens is 320 g/mol. The Hall–Kier alpha value is -1.83. The number of likely N-dealkylation sites (N-methyl/N-ethyl adjacent to an activating group) is 1. The summed E-state index contributed by atoms with van der Waals surface area (Å²) in [6.45, 7) is 3.68. The van der Waals surface area contributed by atoms with Gasteiger partial charge in [0.05, 0.1) is 11.5 Å². The topological polar surface area (TPSA) is 85.7 Å². The summed E-state index contributed by atoms with van der Waals surface area (Å²) in [6, 6.07) is 2.99. The lowest BCUT2D eigenvalue weighted by Gasteiger charge is -2.29. The van der Waals surface area contributed by atoms with Crippen molar-refractivity contribution in [2.45, 2.75) is 32.4 Å². The second-order valence-corrected chi connectivity index (χ2v) is 7.96.